The molecule has 0 bridgehead atoms. The van der Waals surface area contributed by atoms with Gasteiger partial charge in [0, 0.05) is 38.2 Å². The fraction of sp³-hybridized carbons (Fsp3) is 0.467. The summed E-state index contributed by atoms with van der Waals surface area (Å²) in [6.45, 7) is 4.43. The molecule has 1 atom stereocenters. The van der Waals surface area contributed by atoms with Crippen LogP contribution in [-0.2, 0) is 11.3 Å². The molecule has 0 aliphatic carbocycles. The maximum absolute atomic E-state index is 10.3. The van der Waals surface area contributed by atoms with Gasteiger partial charge in [0.05, 0.1) is 25.9 Å². The molecule has 1 aliphatic heterocycles. The van der Waals surface area contributed by atoms with Crippen molar-refractivity contribution in [1.29, 1.82) is 0 Å². The topological polar surface area (TPSA) is 63.4 Å². The van der Waals surface area contributed by atoms with E-state index < -0.39 is 6.10 Å². The van der Waals surface area contributed by atoms with E-state index in [1.54, 1.807) is 12.4 Å². The summed E-state index contributed by atoms with van der Waals surface area (Å²) in [6.07, 6.45) is 4.94. The van der Waals surface area contributed by atoms with Gasteiger partial charge in [0.15, 0.2) is 5.82 Å². The minimum Gasteiger partial charge on any atom is -0.390 e. The van der Waals surface area contributed by atoms with Crippen molar-refractivity contribution in [3.63, 3.8) is 0 Å². The molecule has 0 aromatic carbocycles. The smallest absolute Gasteiger partial charge is 0.158 e. The Morgan fingerprint density at radius 2 is 2.00 bits per heavy atom. The SMILES string of the molecule is O[C@@H](CN1CCOCC1)Cn1ccnc1-c1ccccn1. The molecule has 0 radical (unpaired) electrons. The first-order valence-electron chi connectivity index (χ1n) is 7.23. The standard InChI is InChI=1S/C15H20N4O2/c20-13(11-18-7-9-21-10-8-18)12-19-6-5-17-15(19)14-3-1-2-4-16-14/h1-6,13,20H,7-12H2/t13-/m0/s1. The maximum Gasteiger partial charge on any atom is 0.158 e. The normalized spacial score (nSPS) is 17.8. The number of β-amino-alcohol motifs (C(OH)–C–C–N with tert-alkyl or cyclic N) is 1. The number of morpholine rings is 1. The van der Waals surface area contributed by atoms with E-state index in [-0.39, 0.29) is 0 Å². The van der Waals surface area contributed by atoms with E-state index in [2.05, 4.69) is 14.9 Å². The number of rotatable bonds is 5. The van der Waals surface area contributed by atoms with Gasteiger partial charge in [-0.25, -0.2) is 4.98 Å². The zero-order chi connectivity index (χ0) is 14.5. The van der Waals surface area contributed by atoms with Crippen LogP contribution in [0.2, 0.25) is 0 Å². The third-order valence-electron chi connectivity index (χ3n) is 3.59. The molecule has 0 amide bonds. The number of pyridine rings is 1. The van der Waals surface area contributed by atoms with Gasteiger partial charge in [-0.1, -0.05) is 6.07 Å². The van der Waals surface area contributed by atoms with Crippen LogP contribution in [0.1, 0.15) is 0 Å². The Hall–Kier alpha value is -1.76. The predicted octanol–water partition coefficient (Wildman–Crippen LogP) is 0.638. The van der Waals surface area contributed by atoms with Crippen LogP contribution >= 0.6 is 0 Å². The summed E-state index contributed by atoms with van der Waals surface area (Å²) < 4.78 is 7.27. The van der Waals surface area contributed by atoms with E-state index in [0.717, 1.165) is 37.8 Å². The molecule has 2 aromatic heterocycles. The molecule has 1 aliphatic rings. The quantitative estimate of drug-likeness (QED) is 0.874. The Morgan fingerprint density at radius 1 is 1.14 bits per heavy atom. The summed E-state index contributed by atoms with van der Waals surface area (Å²) in [7, 11) is 0. The van der Waals surface area contributed by atoms with Crippen LogP contribution in [-0.4, -0.2) is 63.5 Å². The molecule has 1 fully saturated rings. The summed E-state index contributed by atoms with van der Waals surface area (Å²) in [5.41, 5.74) is 0.820. The zero-order valence-electron chi connectivity index (χ0n) is 11.9. The van der Waals surface area contributed by atoms with Crippen molar-refractivity contribution in [3.8, 4) is 11.5 Å². The molecule has 0 unspecified atom stereocenters. The zero-order valence-corrected chi connectivity index (χ0v) is 11.9. The second-order valence-electron chi connectivity index (χ2n) is 5.18. The van der Waals surface area contributed by atoms with Crippen molar-refractivity contribution < 1.29 is 9.84 Å². The largest absolute Gasteiger partial charge is 0.390 e. The first kappa shape index (κ1) is 14.2. The summed E-state index contributed by atoms with van der Waals surface area (Å²) in [5.74, 6) is 0.789. The lowest BCUT2D eigenvalue weighted by atomic mass is 10.3. The van der Waals surface area contributed by atoms with Gasteiger partial charge < -0.3 is 14.4 Å². The minimum atomic E-state index is -0.431. The summed E-state index contributed by atoms with van der Waals surface area (Å²) in [4.78, 5) is 10.9. The first-order valence-corrected chi connectivity index (χ1v) is 7.23. The molecule has 21 heavy (non-hydrogen) atoms. The first-order chi connectivity index (χ1) is 10.3. The summed E-state index contributed by atoms with van der Waals surface area (Å²) in [5, 5.41) is 10.3. The Bertz CT molecular complexity index is 552. The second-order valence-corrected chi connectivity index (χ2v) is 5.18. The van der Waals surface area contributed by atoms with Crippen LogP contribution in [0.25, 0.3) is 11.5 Å². The van der Waals surface area contributed by atoms with E-state index in [1.807, 2.05) is 29.0 Å². The van der Waals surface area contributed by atoms with Crippen molar-refractivity contribution >= 4 is 0 Å². The fourth-order valence-corrected chi connectivity index (χ4v) is 2.55. The molecule has 2 aromatic rings. The number of aliphatic hydroxyl groups is 1. The molecule has 112 valence electrons. The van der Waals surface area contributed by atoms with Gasteiger partial charge in [0.1, 0.15) is 5.69 Å². The van der Waals surface area contributed by atoms with Gasteiger partial charge in [-0.2, -0.15) is 0 Å². The molecular weight excluding hydrogens is 268 g/mol. The number of ether oxygens (including phenoxy) is 1. The van der Waals surface area contributed by atoms with Crippen molar-refractivity contribution in [2.24, 2.45) is 0 Å². The van der Waals surface area contributed by atoms with Crippen LogP contribution in [0.15, 0.2) is 36.8 Å². The molecule has 3 rings (SSSR count). The molecule has 6 nitrogen and oxygen atoms in total. The molecule has 3 heterocycles. The summed E-state index contributed by atoms with van der Waals surface area (Å²) >= 11 is 0. The lowest BCUT2D eigenvalue weighted by Crippen LogP contribution is -2.42. The summed E-state index contributed by atoms with van der Waals surface area (Å²) in [6, 6.07) is 5.74. The van der Waals surface area contributed by atoms with Crippen molar-refractivity contribution in [2.45, 2.75) is 12.6 Å². The third kappa shape index (κ3) is 3.66. The molecule has 1 saturated heterocycles. The van der Waals surface area contributed by atoms with Crippen molar-refractivity contribution in [1.82, 2.24) is 19.4 Å². The average Bonchev–Trinajstić information content (AvgIpc) is 2.97. The Kier molecular flexibility index (Phi) is 4.59. The van der Waals surface area contributed by atoms with E-state index in [1.165, 1.54) is 0 Å². The van der Waals surface area contributed by atoms with Gasteiger partial charge in [0.2, 0.25) is 0 Å². The van der Waals surface area contributed by atoms with Crippen LogP contribution in [0.5, 0.6) is 0 Å². The number of hydrogen-bond donors (Lipinski definition) is 1. The Labute approximate surface area is 124 Å². The fourth-order valence-electron chi connectivity index (χ4n) is 2.55. The molecule has 0 spiro atoms. The lowest BCUT2D eigenvalue weighted by Gasteiger charge is -2.28. The maximum atomic E-state index is 10.3. The van der Waals surface area contributed by atoms with Crippen LogP contribution < -0.4 is 0 Å². The number of aliphatic hydroxyl groups excluding tert-OH is 1. The number of hydrogen-bond acceptors (Lipinski definition) is 5. The number of nitrogens with zero attached hydrogens (tertiary/aromatic N) is 4. The van der Waals surface area contributed by atoms with Crippen molar-refractivity contribution in [2.75, 3.05) is 32.8 Å². The van der Waals surface area contributed by atoms with Crippen LogP contribution in [0.3, 0.4) is 0 Å². The highest BCUT2D eigenvalue weighted by molar-refractivity contribution is 5.48. The highest BCUT2D eigenvalue weighted by Gasteiger charge is 2.16. The second kappa shape index (κ2) is 6.80. The number of aromatic nitrogens is 3. The molecule has 0 saturated carbocycles. The highest BCUT2D eigenvalue weighted by atomic mass is 16.5. The monoisotopic (exact) mass is 288 g/mol. The van der Waals surface area contributed by atoms with Gasteiger partial charge in [-0.3, -0.25) is 9.88 Å². The van der Waals surface area contributed by atoms with E-state index >= 15 is 0 Å². The molecule has 1 N–H and O–H groups in total. The third-order valence-corrected chi connectivity index (χ3v) is 3.59. The van der Waals surface area contributed by atoms with Crippen LogP contribution in [0, 0.1) is 0 Å². The van der Waals surface area contributed by atoms with E-state index in [9.17, 15) is 5.11 Å². The van der Waals surface area contributed by atoms with Gasteiger partial charge >= 0.3 is 0 Å². The highest BCUT2D eigenvalue weighted by Crippen LogP contribution is 2.14. The average molecular weight is 288 g/mol. The predicted molar refractivity (Wildman–Crippen MR) is 78.7 cm³/mol. The Balaban J connectivity index is 1.64. The van der Waals surface area contributed by atoms with Gasteiger partial charge in [-0.15, -0.1) is 0 Å². The molecular formula is C15H20N4O2. The minimum absolute atomic E-state index is 0.431. The van der Waals surface area contributed by atoms with Crippen LogP contribution in [0.4, 0.5) is 0 Å². The van der Waals surface area contributed by atoms with Gasteiger partial charge in [0.25, 0.3) is 0 Å². The number of imidazole rings is 1. The molecule has 6 heteroatoms. The van der Waals surface area contributed by atoms with E-state index in [0.29, 0.717) is 13.1 Å². The van der Waals surface area contributed by atoms with Crippen molar-refractivity contribution in [3.05, 3.63) is 36.8 Å². The Morgan fingerprint density at radius 3 is 2.76 bits per heavy atom. The van der Waals surface area contributed by atoms with Gasteiger partial charge in [-0.05, 0) is 12.1 Å². The van der Waals surface area contributed by atoms with E-state index in [4.69, 9.17) is 4.74 Å². The lowest BCUT2D eigenvalue weighted by molar-refractivity contribution is 0.0116.